The van der Waals surface area contributed by atoms with Crippen LogP contribution < -0.4 is 5.32 Å². The van der Waals surface area contributed by atoms with Crippen LogP contribution in [-0.4, -0.2) is 45.6 Å². The van der Waals surface area contributed by atoms with Gasteiger partial charge in [-0.25, -0.2) is 8.42 Å². The molecular weight excluding hydrogens is 230 g/mol. The average Bonchev–Trinajstić information content (AvgIpc) is 2.57. The van der Waals surface area contributed by atoms with Gasteiger partial charge in [-0.2, -0.15) is 0 Å². The predicted molar refractivity (Wildman–Crippen MR) is 60.9 cm³/mol. The summed E-state index contributed by atoms with van der Waals surface area (Å²) in [6.07, 6.45) is 2.59. The molecule has 16 heavy (non-hydrogen) atoms. The molecule has 5 nitrogen and oxygen atoms in total. The molecule has 0 aliphatic carbocycles. The first-order valence-corrected chi connectivity index (χ1v) is 7.27. The predicted octanol–water partition coefficient (Wildman–Crippen LogP) is 0.106. The molecular formula is C10H19NO4S. The van der Waals surface area contributed by atoms with Crippen molar-refractivity contribution in [1.82, 2.24) is 5.32 Å². The summed E-state index contributed by atoms with van der Waals surface area (Å²) in [5.74, 6) is 0.0944. The van der Waals surface area contributed by atoms with Crippen LogP contribution in [0.3, 0.4) is 0 Å². The molecule has 1 atom stereocenters. The van der Waals surface area contributed by atoms with Crippen LogP contribution >= 0.6 is 0 Å². The highest BCUT2D eigenvalue weighted by Crippen LogP contribution is 2.18. The molecule has 1 fully saturated rings. The number of hydrogen-bond donors (Lipinski definition) is 1. The summed E-state index contributed by atoms with van der Waals surface area (Å²) in [5.41, 5.74) is 0. The molecule has 0 aromatic rings. The van der Waals surface area contributed by atoms with Crippen LogP contribution in [0.25, 0.3) is 0 Å². The van der Waals surface area contributed by atoms with Crippen LogP contribution in [0.1, 0.15) is 25.7 Å². The SMILES string of the molecule is COC(=O)CCCNCC1CCCS1(=O)=O. The molecule has 0 bridgehead atoms. The normalized spacial score (nSPS) is 23.2. The summed E-state index contributed by atoms with van der Waals surface area (Å²) in [6.45, 7) is 1.16. The second-order valence-corrected chi connectivity index (χ2v) is 6.42. The van der Waals surface area contributed by atoms with Crippen LogP contribution in [0.4, 0.5) is 0 Å². The van der Waals surface area contributed by atoms with Gasteiger partial charge in [0.25, 0.3) is 0 Å². The van der Waals surface area contributed by atoms with Crippen LogP contribution in [-0.2, 0) is 19.4 Å². The van der Waals surface area contributed by atoms with Gasteiger partial charge in [0.2, 0.25) is 0 Å². The summed E-state index contributed by atoms with van der Waals surface area (Å²) in [7, 11) is -1.49. The van der Waals surface area contributed by atoms with Gasteiger partial charge in [-0.15, -0.1) is 0 Å². The Morgan fingerprint density at radius 3 is 2.81 bits per heavy atom. The van der Waals surface area contributed by atoms with E-state index in [0.29, 0.717) is 31.7 Å². The highest BCUT2D eigenvalue weighted by atomic mass is 32.2. The Morgan fingerprint density at radius 2 is 2.25 bits per heavy atom. The van der Waals surface area contributed by atoms with Crippen molar-refractivity contribution in [3.05, 3.63) is 0 Å². The molecule has 0 amide bonds. The van der Waals surface area contributed by atoms with Gasteiger partial charge in [-0.05, 0) is 25.8 Å². The first-order chi connectivity index (χ1) is 7.56. The number of ether oxygens (including phenoxy) is 1. The number of nitrogens with one attached hydrogen (secondary N) is 1. The molecule has 0 saturated carbocycles. The van der Waals surface area contributed by atoms with Crippen molar-refractivity contribution in [1.29, 1.82) is 0 Å². The fourth-order valence-electron chi connectivity index (χ4n) is 1.81. The Hall–Kier alpha value is -0.620. The standard InChI is InChI=1S/C10H19NO4S/c1-15-10(12)5-2-6-11-8-9-4-3-7-16(9,13)14/h9,11H,2-8H2,1H3. The van der Waals surface area contributed by atoms with E-state index in [0.717, 1.165) is 12.8 Å². The molecule has 6 heteroatoms. The second kappa shape index (κ2) is 6.20. The van der Waals surface area contributed by atoms with Crippen LogP contribution in [0, 0.1) is 0 Å². The summed E-state index contributed by atoms with van der Waals surface area (Å²) in [4.78, 5) is 10.8. The molecule has 0 spiro atoms. The van der Waals surface area contributed by atoms with Crippen LogP contribution in [0.15, 0.2) is 0 Å². The molecule has 1 N–H and O–H groups in total. The summed E-state index contributed by atoms with van der Waals surface area (Å²) < 4.78 is 27.4. The van der Waals surface area contributed by atoms with E-state index in [-0.39, 0.29) is 11.2 Å². The number of sulfone groups is 1. The van der Waals surface area contributed by atoms with Gasteiger partial charge in [-0.1, -0.05) is 0 Å². The van der Waals surface area contributed by atoms with E-state index in [4.69, 9.17) is 0 Å². The highest BCUT2D eigenvalue weighted by Gasteiger charge is 2.30. The lowest BCUT2D eigenvalue weighted by molar-refractivity contribution is -0.140. The lowest BCUT2D eigenvalue weighted by Crippen LogP contribution is -2.31. The average molecular weight is 249 g/mol. The van der Waals surface area contributed by atoms with E-state index in [9.17, 15) is 13.2 Å². The molecule has 1 unspecified atom stereocenters. The number of hydrogen-bond acceptors (Lipinski definition) is 5. The summed E-state index contributed by atoms with van der Waals surface area (Å²) in [6, 6.07) is 0. The zero-order valence-corrected chi connectivity index (χ0v) is 10.4. The first-order valence-electron chi connectivity index (χ1n) is 5.55. The molecule has 0 aromatic carbocycles. The lowest BCUT2D eigenvalue weighted by atomic mass is 10.2. The largest absolute Gasteiger partial charge is 0.469 e. The van der Waals surface area contributed by atoms with Crippen molar-refractivity contribution in [3.8, 4) is 0 Å². The Kier molecular flexibility index (Phi) is 5.21. The number of esters is 1. The lowest BCUT2D eigenvalue weighted by Gasteiger charge is -2.10. The topological polar surface area (TPSA) is 72.5 Å². The first kappa shape index (κ1) is 13.4. The van der Waals surface area contributed by atoms with E-state index in [2.05, 4.69) is 10.1 Å². The smallest absolute Gasteiger partial charge is 0.305 e. The molecule has 1 aliphatic rings. The van der Waals surface area contributed by atoms with E-state index in [1.165, 1.54) is 7.11 Å². The minimum Gasteiger partial charge on any atom is -0.469 e. The molecule has 1 saturated heterocycles. The quantitative estimate of drug-likeness (QED) is 0.534. The van der Waals surface area contributed by atoms with Crippen molar-refractivity contribution >= 4 is 15.8 Å². The molecule has 94 valence electrons. The highest BCUT2D eigenvalue weighted by molar-refractivity contribution is 7.92. The van der Waals surface area contributed by atoms with Crippen LogP contribution in [0.2, 0.25) is 0 Å². The third kappa shape index (κ3) is 4.09. The van der Waals surface area contributed by atoms with Crippen molar-refractivity contribution in [2.24, 2.45) is 0 Å². The fraction of sp³-hybridized carbons (Fsp3) is 0.900. The maximum Gasteiger partial charge on any atom is 0.305 e. The number of carbonyl (C=O) groups excluding carboxylic acids is 1. The monoisotopic (exact) mass is 249 g/mol. The van der Waals surface area contributed by atoms with Gasteiger partial charge in [0, 0.05) is 13.0 Å². The Balaban J connectivity index is 2.10. The van der Waals surface area contributed by atoms with E-state index in [1.807, 2.05) is 0 Å². The zero-order chi connectivity index (χ0) is 12.0. The van der Waals surface area contributed by atoms with Gasteiger partial charge in [0.05, 0.1) is 18.1 Å². The molecule has 1 aliphatic heterocycles. The Bertz CT molecular complexity index is 326. The van der Waals surface area contributed by atoms with Crippen molar-refractivity contribution in [3.63, 3.8) is 0 Å². The van der Waals surface area contributed by atoms with E-state index < -0.39 is 9.84 Å². The summed E-state index contributed by atoms with van der Waals surface area (Å²) >= 11 is 0. The maximum absolute atomic E-state index is 11.5. The van der Waals surface area contributed by atoms with Crippen molar-refractivity contribution in [2.75, 3.05) is 26.0 Å². The molecule has 0 aromatic heterocycles. The number of methoxy groups -OCH3 is 1. The number of rotatable bonds is 6. The molecule has 1 rings (SSSR count). The Labute approximate surface area is 96.5 Å². The maximum atomic E-state index is 11.5. The minimum atomic E-state index is -2.85. The van der Waals surface area contributed by atoms with Crippen molar-refractivity contribution in [2.45, 2.75) is 30.9 Å². The van der Waals surface area contributed by atoms with Crippen molar-refractivity contribution < 1.29 is 17.9 Å². The van der Waals surface area contributed by atoms with E-state index >= 15 is 0 Å². The fourth-order valence-corrected chi connectivity index (χ4v) is 3.61. The summed E-state index contributed by atoms with van der Waals surface area (Å²) in [5, 5.41) is 2.84. The van der Waals surface area contributed by atoms with Gasteiger partial charge in [0.15, 0.2) is 9.84 Å². The second-order valence-electron chi connectivity index (χ2n) is 4.02. The van der Waals surface area contributed by atoms with Gasteiger partial charge in [-0.3, -0.25) is 4.79 Å². The van der Waals surface area contributed by atoms with E-state index in [1.54, 1.807) is 0 Å². The minimum absolute atomic E-state index is 0.227. The van der Waals surface area contributed by atoms with Crippen LogP contribution in [0.5, 0.6) is 0 Å². The third-order valence-electron chi connectivity index (χ3n) is 2.80. The molecule has 1 heterocycles. The number of carbonyl (C=O) groups is 1. The third-order valence-corrected chi connectivity index (χ3v) is 5.07. The zero-order valence-electron chi connectivity index (χ0n) is 9.57. The Morgan fingerprint density at radius 1 is 1.50 bits per heavy atom. The molecule has 0 radical (unpaired) electrons. The van der Waals surface area contributed by atoms with Gasteiger partial charge < -0.3 is 10.1 Å². The van der Waals surface area contributed by atoms with Gasteiger partial charge in [0.1, 0.15) is 0 Å². The van der Waals surface area contributed by atoms with Gasteiger partial charge >= 0.3 is 5.97 Å².